The lowest BCUT2D eigenvalue weighted by Crippen LogP contribution is -1.92. The molecule has 1 aromatic carbocycles. The van der Waals surface area contributed by atoms with Crippen LogP contribution in [0.5, 0.6) is 0 Å². The van der Waals surface area contributed by atoms with Gasteiger partial charge in [-0.15, -0.1) is 0 Å². The molecule has 24 heavy (non-hydrogen) atoms. The number of halogens is 2. The fourth-order valence-electron chi connectivity index (χ4n) is 1.96. The Bertz CT molecular complexity index is 942. The van der Waals surface area contributed by atoms with E-state index in [0.29, 0.717) is 21.7 Å². The maximum atomic E-state index is 9.38. The zero-order valence-electron chi connectivity index (χ0n) is 12.2. The number of anilines is 2. The summed E-state index contributed by atoms with van der Waals surface area (Å²) in [7, 11) is 0. The zero-order chi connectivity index (χ0) is 16.9. The predicted octanol–water partition coefficient (Wildman–Crippen LogP) is 4.48. The van der Waals surface area contributed by atoms with Crippen molar-refractivity contribution in [3.63, 3.8) is 0 Å². The van der Waals surface area contributed by atoms with Crippen LogP contribution in [0, 0.1) is 11.3 Å². The van der Waals surface area contributed by atoms with Crippen LogP contribution >= 0.6 is 23.2 Å². The van der Waals surface area contributed by atoms with E-state index in [1.807, 2.05) is 6.07 Å². The van der Waals surface area contributed by atoms with Crippen LogP contribution in [-0.4, -0.2) is 21.4 Å². The molecule has 0 aliphatic rings. The fraction of sp³-hybridized carbons (Fsp3) is 0. The van der Waals surface area contributed by atoms with Gasteiger partial charge in [0.05, 0.1) is 11.9 Å². The van der Waals surface area contributed by atoms with Gasteiger partial charge < -0.3 is 5.32 Å². The molecule has 8 heteroatoms. The van der Waals surface area contributed by atoms with Crippen molar-refractivity contribution >= 4 is 46.7 Å². The predicted molar refractivity (Wildman–Crippen MR) is 94.5 cm³/mol. The summed E-state index contributed by atoms with van der Waals surface area (Å²) in [4.78, 5) is 8.28. The third kappa shape index (κ3) is 3.71. The lowest BCUT2D eigenvalue weighted by molar-refractivity contribution is 1.09. The van der Waals surface area contributed by atoms with Crippen molar-refractivity contribution in [1.29, 1.82) is 5.26 Å². The summed E-state index contributed by atoms with van der Waals surface area (Å²) >= 11 is 11.8. The number of aromatic nitrogens is 3. The molecule has 118 valence electrons. The number of H-pyrrole nitrogens is 1. The fourth-order valence-corrected chi connectivity index (χ4v) is 2.32. The molecule has 0 amide bonds. The van der Waals surface area contributed by atoms with Gasteiger partial charge in [0.1, 0.15) is 22.6 Å². The Balaban J connectivity index is 1.86. The minimum absolute atomic E-state index is 0.254. The molecule has 0 unspecified atom stereocenters. The summed E-state index contributed by atoms with van der Waals surface area (Å²) in [6, 6.07) is 14.4. The highest BCUT2D eigenvalue weighted by Gasteiger charge is 2.12. The first-order valence-electron chi connectivity index (χ1n) is 6.83. The summed E-state index contributed by atoms with van der Waals surface area (Å²) in [5.74, 6) is 0.690. The molecule has 6 nitrogen and oxygen atoms in total. The van der Waals surface area contributed by atoms with E-state index >= 15 is 0 Å². The Morgan fingerprint density at radius 2 is 2.04 bits per heavy atom. The van der Waals surface area contributed by atoms with E-state index in [1.54, 1.807) is 36.4 Å². The first-order valence-corrected chi connectivity index (χ1v) is 7.59. The second-order valence-corrected chi connectivity index (χ2v) is 5.51. The zero-order valence-corrected chi connectivity index (χ0v) is 13.7. The molecule has 0 atom stereocenters. The summed E-state index contributed by atoms with van der Waals surface area (Å²) < 4.78 is 0. The van der Waals surface area contributed by atoms with E-state index in [2.05, 4.69) is 31.6 Å². The van der Waals surface area contributed by atoms with Crippen LogP contribution in [0.25, 0.3) is 0 Å². The summed E-state index contributed by atoms with van der Waals surface area (Å²) in [5, 5.41) is 20.2. The molecule has 0 spiro atoms. The molecule has 0 saturated carbocycles. The van der Waals surface area contributed by atoms with Crippen molar-refractivity contribution in [3.05, 3.63) is 63.9 Å². The van der Waals surface area contributed by atoms with Crippen LogP contribution in [0.4, 0.5) is 17.3 Å². The third-order valence-electron chi connectivity index (χ3n) is 3.01. The number of hydrogen-bond acceptors (Lipinski definition) is 5. The van der Waals surface area contributed by atoms with Crippen molar-refractivity contribution in [3.8, 4) is 6.07 Å². The van der Waals surface area contributed by atoms with Crippen LogP contribution < -0.4 is 5.32 Å². The number of hydrogen-bond donors (Lipinski definition) is 2. The standard InChI is InChI=1S/C16H10Cl2N6/c17-10-3-1-4-11(7-10)22-16-13(8-19)15(23-24-16)20-9-12-5-2-6-14(18)21-12/h1-7,9H,(H2,22,23,24). The number of aliphatic imine (C=N–C) groups is 1. The van der Waals surface area contributed by atoms with E-state index in [4.69, 9.17) is 23.2 Å². The van der Waals surface area contributed by atoms with Crippen molar-refractivity contribution in [2.24, 2.45) is 4.99 Å². The molecule has 0 radical (unpaired) electrons. The Hall–Kier alpha value is -2.88. The lowest BCUT2D eigenvalue weighted by Gasteiger charge is -2.03. The number of aromatic amines is 1. The minimum atomic E-state index is 0.254. The van der Waals surface area contributed by atoms with Crippen molar-refractivity contribution < 1.29 is 0 Å². The molecule has 0 aliphatic carbocycles. The smallest absolute Gasteiger partial charge is 0.193 e. The van der Waals surface area contributed by atoms with Crippen molar-refractivity contribution in [2.75, 3.05) is 5.32 Å². The highest BCUT2D eigenvalue weighted by atomic mass is 35.5. The highest BCUT2D eigenvalue weighted by molar-refractivity contribution is 6.30. The number of nitrogens with one attached hydrogen (secondary N) is 2. The molecule has 0 fully saturated rings. The molecular formula is C16H10Cl2N6. The molecule has 0 aliphatic heterocycles. The second-order valence-electron chi connectivity index (χ2n) is 4.69. The third-order valence-corrected chi connectivity index (χ3v) is 3.45. The van der Waals surface area contributed by atoms with E-state index in [-0.39, 0.29) is 11.4 Å². The normalized spacial score (nSPS) is 10.7. The number of nitrogens with zero attached hydrogens (tertiary/aromatic N) is 4. The van der Waals surface area contributed by atoms with Gasteiger partial charge in [0.15, 0.2) is 5.82 Å². The summed E-state index contributed by atoms with van der Waals surface area (Å²) in [5.41, 5.74) is 1.58. The summed E-state index contributed by atoms with van der Waals surface area (Å²) in [6.45, 7) is 0. The Morgan fingerprint density at radius 1 is 1.21 bits per heavy atom. The van der Waals surface area contributed by atoms with Crippen LogP contribution in [0.1, 0.15) is 11.3 Å². The van der Waals surface area contributed by atoms with Gasteiger partial charge in [-0.2, -0.15) is 10.4 Å². The first-order chi connectivity index (χ1) is 11.7. The maximum absolute atomic E-state index is 9.38. The van der Waals surface area contributed by atoms with Crippen molar-refractivity contribution in [2.45, 2.75) is 0 Å². The number of nitriles is 1. The van der Waals surface area contributed by atoms with E-state index in [1.165, 1.54) is 6.21 Å². The van der Waals surface area contributed by atoms with Gasteiger partial charge in [0, 0.05) is 10.7 Å². The summed E-state index contributed by atoms with van der Waals surface area (Å²) in [6.07, 6.45) is 1.49. The van der Waals surface area contributed by atoms with Gasteiger partial charge in [0.2, 0.25) is 0 Å². The number of benzene rings is 1. The Morgan fingerprint density at radius 3 is 2.79 bits per heavy atom. The second kappa shape index (κ2) is 7.13. The number of pyridine rings is 1. The first kappa shape index (κ1) is 16.0. The largest absolute Gasteiger partial charge is 0.339 e. The van der Waals surface area contributed by atoms with Gasteiger partial charge in [-0.25, -0.2) is 9.98 Å². The molecule has 2 heterocycles. The molecular weight excluding hydrogens is 347 g/mol. The van der Waals surface area contributed by atoms with Crippen LogP contribution in [0.2, 0.25) is 10.2 Å². The lowest BCUT2D eigenvalue weighted by atomic mass is 10.3. The Labute approximate surface area is 147 Å². The van der Waals surface area contributed by atoms with Crippen LogP contribution in [-0.2, 0) is 0 Å². The van der Waals surface area contributed by atoms with Gasteiger partial charge >= 0.3 is 0 Å². The van der Waals surface area contributed by atoms with Gasteiger partial charge in [-0.05, 0) is 30.3 Å². The van der Waals surface area contributed by atoms with Gasteiger partial charge in [-0.1, -0.05) is 35.3 Å². The molecule has 2 N–H and O–H groups in total. The van der Waals surface area contributed by atoms with Gasteiger partial charge in [0.25, 0.3) is 0 Å². The number of rotatable bonds is 4. The quantitative estimate of drug-likeness (QED) is 0.532. The molecule has 0 bridgehead atoms. The average molecular weight is 357 g/mol. The molecule has 3 aromatic rings. The van der Waals surface area contributed by atoms with Gasteiger partial charge in [-0.3, -0.25) is 5.10 Å². The molecule has 3 rings (SSSR count). The molecule has 2 aromatic heterocycles. The minimum Gasteiger partial charge on any atom is -0.339 e. The van der Waals surface area contributed by atoms with E-state index in [9.17, 15) is 5.26 Å². The monoisotopic (exact) mass is 356 g/mol. The van der Waals surface area contributed by atoms with Crippen LogP contribution in [0.15, 0.2) is 47.5 Å². The highest BCUT2D eigenvalue weighted by Crippen LogP contribution is 2.26. The molecule has 0 saturated heterocycles. The topological polar surface area (TPSA) is 89.8 Å². The maximum Gasteiger partial charge on any atom is 0.193 e. The van der Waals surface area contributed by atoms with E-state index < -0.39 is 0 Å². The van der Waals surface area contributed by atoms with Crippen molar-refractivity contribution in [1.82, 2.24) is 15.2 Å². The average Bonchev–Trinajstić information content (AvgIpc) is 2.94. The SMILES string of the molecule is N#Cc1c(N=Cc2cccc(Cl)n2)n[nH]c1Nc1cccc(Cl)c1. The van der Waals surface area contributed by atoms with E-state index in [0.717, 1.165) is 5.69 Å². The van der Waals surface area contributed by atoms with Crippen LogP contribution in [0.3, 0.4) is 0 Å². The Kier molecular flexibility index (Phi) is 4.75.